The molecule has 1 heterocycles. The van der Waals surface area contributed by atoms with E-state index < -0.39 is 23.6 Å². The SMILES string of the molecule is O=CNC1CCN(c2ccccc2F)C1c1ccc(C(F)(F)F)cc1. The molecule has 3 rings (SSSR count). The zero-order valence-electron chi connectivity index (χ0n) is 13.1. The molecule has 3 nitrogen and oxygen atoms in total. The van der Waals surface area contributed by atoms with Crippen molar-refractivity contribution in [1.29, 1.82) is 0 Å². The number of para-hydroxylation sites is 1. The summed E-state index contributed by atoms with van der Waals surface area (Å²) in [5.74, 6) is -0.411. The van der Waals surface area contributed by atoms with Gasteiger partial charge in [-0.15, -0.1) is 0 Å². The Kier molecular flexibility index (Phi) is 4.65. The molecule has 0 aromatic heterocycles. The van der Waals surface area contributed by atoms with Crippen LogP contribution in [0, 0.1) is 5.82 Å². The first-order chi connectivity index (χ1) is 11.9. The molecule has 0 radical (unpaired) electrons. The number of anilines is 1. The Morgan fingerprint density at radius 3 is 2.36 bits per heavy atom. The Hall–Kier alpha value is -2.57. The molecule has 1 amide bonds. The largest absolute Gasteiger partial charge is 0.416 e. The molecule has 2 aromatic carbocycles. The van der Waals surface area contributed by atoms with Crippen LogP contribution in [0.15, 0.2) is 48.5 Å². The van der Waals surface area contributed by atoms with Crippen molar-refractivity contribution in [3.63, 3.8) is 0 Å². The third-order valence-electron chi connectivity index (χ3n) is 4.42. The van der Waals surface area contributed by atoms with Crippen LogP contribution in [0.3, 0.4) is 0 Å². The van der Waals surface area contributed by atoms with Crippen LogP contribution >= 0.6 is 0 Å². The van der Waals surface area contributed by atoms with Gasteiger partial charge in [-0.25, -0.2) is 4.39 Å². The van der Waals surface area contributed by atoms with Crippen LogP contribution < -0.4 is 10.2 Å². The maximum absolute atomic E-state index is 14.2. The highest BCUT2D eigenvalue weighted by Crippen LogP contribution is 2.38. The molecular weight excluding hydrogens is 336 g/mol. The second-order valence-corrected chi connectivity index (χ2v) is 5.89. The highest BCUT2D eigenvalue weighted by Gasteiger charge is 2.37. The fraction of sp³-hybridized carbons (Fsp3) is 0.278. The number of carbonyl (C=O) groups excluding carboxylic acids is 1. The van der Waals surface area contributed by atoms with Crippen LogP contribution in [0.4, 0.5) is 23.2 Å². The van der Waals surface area contributed by atoms with Gasteiger partial charge in [0.15, 0.2) is 0 Å². The van der Waals surface area contributed by atoms with Crippen molar-refractivity contribution in [2.75, 3.05) is 11.4 Å². The lowest BCUT2D eigenvalue weighted by Crippen LogP contribution is -2.35. The van der Waals surface area contributed by atoms with E-state index in [1.54, 1.807) is 23.1 Å². The van der Waals surface area contributed by atoms with Crippen molar-refractivity contribution < 1.29 is 22.4 Å². The first kappa shape index (κ1) is 17.3. The lowest BCUT2D eigenvalue weighted by atomic mass is 9.98. The van der Waals surface area contributed by atoms with Gasteiger partial charge in [0.25, 0.3) is 0 Å². The molecule has 2 aromatic rings. The van der Waals surface area contributed by atoms with Gasteiger partial charge in [0, 0.05) is 6.54 Å². The maximum atomic E-state index is 14.2. The standard InChI is InChI=1S/C18H16F4N2O/c19-14-3-1-2-4-16(14)24-10-9-15(23-11-25)17(24)12-5-7-13(8-6-12)18(20,21)22/h1-8,11,15,17H,9-10H2,(H,23,25). The van der Waals surface area contributed by atoms with Gasteiger partial charge in [-0.1, -0.05) is 24.3 Å². The molecule has 25 heavy (non-hydrogen) atoms. The smallest absolute Gasteiger partial charge is 0.360 e. The van der Waals surface area contributed by atoms with Crippen LogP contribution in [0.5, 0.6) is 0 Å². The van der Waals surface area contributed by atoms with E-state index in [0.717, 1.165) is 12.1 Å². The van der Waals surface area contributed by atoms with Crippen molar-refractivity contribution in [3.8, 4) is 0 Å². The van der Waals surface area contributed by atoms with E-state index in [1.165, 1.54) is 18.2 Å². The van der Waals surface area contributed by atoms with Gasteiger partial charge in [0.2, 0.25) is 6.41 Å². The van der Waals surface area contributed by atoms with Crippen LogP contribution in [0.25, 0.3) is 0 Å². The van der Waals surface area contributed by atoms with Crippen molar-refractivity contribution >= 4 is 12.1 Å². The molecular formula is C18H16F4N2O. The summed E-state index contributed by atoms with van der Waals surface area (Å²) < 4.78 is 52.5. The number of nitrogens with one attached hydrogen (secondary N) is 1. The lowest BCUT2D eigenvalue weighted by molar-refractivity contribution is -0.137. The summed E-state index contributed by atoms with van der Waals surface area (Å²) >= 11 is 0. The second kappa shape index (κ2) is 6.74. The molecule has 0 saturated carbocycles. The maximum Gasteiger partial charge on any atom is 0.416 e. The molecule has 1 aliphatic rings. The van der Waals surface area contributed by atoms with E-state index in [4.69, 9.17) is 0 Å². The van der Waals surface area contributed by atoms with Crippen LogP contribution in [0.1, 0.15) is 23.6 Å². The average Bonchev–Trinajstić information content (AvgIpc) is 2.98. The van der Waals surface area contributed by atoms with Gasteiger partial charge in [0.05, 0.1) is 23.3 Å². The molecule has 1 fully saturated rings. The summed E-state index contributed by atoms with van der Waals surface area (Å²) in [5.41, 5.74) is 0.210. The van der Waals surface area contributed by atoms with Crippen LogP contribution in [-0.4, -0.2) is 19.0 Å². The number of halogens is 4. The highest BCUT2D eigenvalue weighted by molar-refractivity contribution is 5.54. The van der Waals surface area contributed by atoms with Gasteiger partial charge < -0.3 is 10.2 Å². The number of alkyl halides is 3. The van der Waals surface area contributed by atoms with E-state index in [2.05, 4.69) is 5.32 Å². The molecule has 0 bridgehead atoms. The predicted octanol–water partition coefficient (Wildman–Crippen LogP) is 3.91. The number of benzene rings is 2. The first-order valence-corrected chi connectivity index (χ1v) is 7.80. The predicted molar refractivity (Wildman–Crippen MR) is 85.5 cm³/mol. The Labute approximate surface area is 142 Å². The molecule has 132 valence electrons. The minimum absolute atomic E-state index is 0.311. The summed E-state index contributed by atoms with van der Waals surface area (Å²) in [7, 11) is 0. The van der Waals surface area contributed by atoms with Crippen LogP contribution in [0.2, 0.25) is 0 Å². The third kappa shape index (κ3) is 3.45. The summed E-state index contributed by atoms with van der Waals surface area (Å²) in [5, 5.41) is 2.69. The molecule has 1 N–H and O–H groups in total. The topological polar surface area (TPSA) is 32.3 Å². The second-order valence-electron chi connectivity index (χ2n) is 5.89. The Bertz CT molecular complexity index is 745. The monoisotopic (exact) mass is 352 g/mol. The number of nitrogens with zero attached hydrogens (tertiary/aromatic N) is 1. The molecule has 2 unspecified atom stereocenters. The van der Waals surface area contributed by atoms with Crippen molar-refractivity contribution in [2.45, 2.75) is 24.7 Å². The van der Waals surface area contributed by atoms with E-state index in [1.807, 2.05) is 0 Å². The zero-order valence-corrected chi connectivity index (χ0v) is 13.1. The fourth-order valence-electron chi connectivity index (χ4n) is 3.29. The number of hydrogen-bond donors (Lipinski definition) is 1. The summed E-state index contributed by atoms with van der Waals surface area (Å²) in [6.45, 7) is 0.484. The lowest BCUT2D eigenvalue weighted by Gasteiger charge is -2.30. The normalized spacial score (nSPS) is 20.6. The van der Waals surface area contributed by atoms with E-state index in [9.17, 15) is 22.4 Å². The highest BCUT2D eigenvalue weighted by atomic mass is 19.4. The van der Waals surface area contributed by atoms with Gasteiger partial charge in [-0.05, 0) is 36.2 Å². The van der Waals surface area contributed by atoms with Crippen molar-refractivity contribution in [2.24, 2.45) is 0 Å². The molecule has 0 spiro atoms. The van der Waals surface area contributed by atoms with Crippen molar-refractivity contribution in [1.82, 2.24) is 5.32 Å². The van der Waals surface area contributed by atoms with Gasteiger partial charge in [0.1, 0.15) is 5.82 Å². The van der Waals surface area contributed by atoms with Gasteiger partial charge in [-0.3, -0.25) is 4.79 Å². The third-order valence-corrected chi connectivity index (χ3v) is 4.42. The zero-order chi connectivity index (χ0) is 18.0. The number of hydrogen-bond acceptors (Lipinski definition) is 2. The molecule has 1 aliphatic heterocycles. The molecule has 7 heteroatoms. The van der Waals surface area contributed by atoms with Gasteiger partial charge in [-0.2, -0.15) is 13.2 Å². The minimum atomic E-state index is -4.42. The number of rotatable bonds is 4. The quantitative estimate of drug-likeness (QED) is 0.668. The Morgan fingerprint density at radius 1 is 1.08 bits per heavy atom. The Morgan fingerprint density at radius 2 is 1.76 bits per heavy atom. The number of carbonyl (C=O) groups is 1. The van der Waals surface area contributed by atoms with Gasteiger partial charge >= 0.3 is 6.18 Å². The first-order valence-electron chi connectivity index (χ1n) is 7.80. The summed E-state index contributed by atoms with van der Waals surface area (Å²) in [6.07, 6.45) is -3.29. The molecule has 1 saturated heterocycles. The average molecular weight is 352 g/mol. The summed E-state index contributed by atoms with van der Waals surface area (Å²) in [6, 6.07) is 10.2. The fourth-order valence-corrected chi connectivity index (χ4v) is 3.29. The molecule has 0 aliphatic carbocycles. The Balaban J connectivity index is 1.98. The van der Waals surface area contributed by atoms with Crippen LogP contribution in [-0.2, 0) is 11.0 Å². The molecule has 2 atom stereocenters. The van der Waals surface area contributed by atoms with E-state index >= 15 is 0 Å². The van der Waals surface area contributed by atoms with E-state index in [0.29, 0.717) is 30.6 Å². The summed E-state index contributed by atoms with van der Waals surface area (Å²) in [4.78, 5) is 12.7. The minimum Gasteiger partial charge on any atom is -0.360 e. The van der Waals surface area contributed by atoms with Crippen molar-refractivity contribution in [3.05, 3.63) is 65.5 Å². The number of amides is 1. The van der Waals surface area contributed by atoms with E-state index in [-0.39, 0.29) is 6.04 Å².